The number of amides is 2. The Balaban J connectivity index is 1.70. The number of fused-ring (bicyclic) bond motifs is 1. The van der Waals surface area contributed by atoms with Gasteiger partial charge in [-0.2, -0.15) is 0 Å². The lowest BCUT2D eigenvalue weighted by Gasteiger charge is -2.21. The molecule has 1 fully saturated rings. The average molecular weight is 404 g/mol. The summed E-state index contributed by atoms with van der Waals surface area (Å²) in [5, 5.41) is 14.3. The van der Waals surface area contributed by atoms with E-state index in [0.29, 0.717) is 10.7 Å². The predicted octanol–water partition coefficient (Wildman–Crippen LogP) is 5.83. The molecule has 3 aromatic carbocycles. The van der Waals surface area contributed by atoms with Crippen LogP contribution in [0.5, 0.6) is 5.75 Å². The Bertz CT molecular complexity index is 1190. The van der Waals surface area contributed by atoms with Gasteiger partial charge in [-0.25, -0.2) is 0 Å². The predicted molar refractivity (Wildman–Crippen MR) is 119 cm³/mol. The molecule has 0 aromatic heterocycles. The van der Waals surface area contributed by atoms with E-state index in [4.69, 9.17) is 0 Å². The highest BCUT2D eigenvalue weighted by Gasteiger charge is 2.25. The Labute approximate surface area is 173 Å². The topological polar surface area (TPSA) is 66.4 Å². The summed E-state index contributed by atoms with van der Waals surface area (Å²) >= 11 is 0.919. The normalized spacial score (nSPS) is 15.9. The average Bonchev–Trinajstić information content (AvgIpc) is 2.97. The van der Waals surface area contributed by atoms with Gasteiger partial charge in [0.15, 0.2) is 0 Å². The van der Waals surface area contributed by atoms with Crippen molar-refractivity contribution in [3.63, 3.8) is 0 Å². The van der Waals surface area contributed by atoms with E-state index < -0.39 is 0 Å². The molecule has 1 heterocycles. The Hall–Kier alpha value is -3.05. The highest BCUT2D eigenvalue weighted by molar-refractivity contribution is 8.18. The van der Waals surface area contributed by atoms with Crippen molar-refractivity contribution in [1.29, 1.82) is 0 Å². The van der Waals surface area contributed by atoms with Gasteiger partial charge < -0.3 is 5.11 Å². The molecule has 1 saturated heterocycles. The fourth-order valence-corrected chi connectivity index (χ4v) is 4.10. The molecule has 2 amide bonds. The van der Waals surface area contributed by atoms with Gasteiger partial charge in [-0.3, -0.25) is 14.9 Å². The molecule has 0 unspecified atom stereocenters. The second kappa shape index (κ2) is 7.08. The highest BCUT2D eigenvalue weighted by Crippen LogP contribution is 2.35. The Morgan fingerprint density at radius 3 is 2.24 bits per heavy atom. The van der Waals surface area contributed by atoms with Gasteiger partial charge in [0.2, 0.25) is 0 Å². The molecule has 4 nitrogen and oxygen atoms in total. The van der Waals surface area contributed by atoms with Crippen LogP contribution in [0.25, 0.3) is 28.0 Å². The molecule has 4 rings (SSSR count). The lowest BCUT2D eigenvalue weighted by molar-refractivity contribution is -0.115. The third-order valence-corrected chi connectivity index (χ3v) is 5.75. The smallest absolute Gasteiger partial charge is 0.290 e. The highest BCUT2D eigenvalue weighted by atomic mass is 32.2. The van der Waals surface area contributed by atoms with E-state index in [9.17, 15) is 14.7 Å². The maximum Gasteiger partial charge on any atom is 0.290 e. The quantitative estimate of drug-likeness (QED) is 0.528. The minimum absolute atomic E-state index is 0.148. The monoisotopic (exact) mass is 403 g/mol. The van der Waals surface area contributed by atoms with Crippen LogP contribution in [-0.4, -0.2) is 16.3 Å². The molecular weight excluding hydrogens is 382 g/mol. The number of carbonyl (C=O) groups is 2. The Kier molecular flexibility index (Phi) is 4.71. The molecular formula is C24H21NO3S. The first kappa shape index (κ1) is 19.3. The molecule has 0 bridgehead atoms. The maximum absolute atomic E-state index is 11.7. The number of imide groups is 1. The van der Waals surface area contributed by atoms with E-state index in [2.05, 4.69) is 38.2 Å². The van der Waals surface area contributed by atoms with Crippen molar-refractivity contribution in [2.45, 2.75) is 26.2 Å². The second-order valence-corrected chi connectivity index (χ2v) is 9.17. The van der Waals surface area contributed by atoms with E-state index in [1.54, 1.807) is 12.1 Å². The number of aromatic hydroxyl groups is 1. The van der Waals surface area contributed by atoms with Gasteiger partial charge in [-0.1, -0.05) is 51.1 Å². The summed E-state index contributed by atoms with van der Waals surface area (Å²) in [6, 6.07) is 17.9. The van der Waals surface area contributed by atoms with E-state index in [1.165, 1.54) is 0 Å². The van der Waals surface area contributed by atoms with Crippen molar-refractivity contribution in [3.05, 3.63) is 70.6 Å². The number of hydrogen-bond donors (Lipinski definition) is 2. The zero-order chi connectivity index (χ0) is 20.8. The first-order valence-corrected chi connectivity index (χ1v) is 10.1. The number of phenols is 1. The minimum Gasteiger partial charge on any atom is -0.508 e. The van der Waals surface area contributed by atoms with Crippen LogP contribution in [0.1, 0.15) is 31.9 Å². The number of hydrogen-bond acceptors (Lipinski definition) is 4. The third-order valence-electron chi connectivity index (χ3n) is 4.94. The van der Waals surface area contributed by atoms with Crippen LogP contribution in [0.2, 0.25) is 0 Å². The van der Waals surface area contributed by atoms with Crippen molar-refractivity contribution in [2.24, 2.45) is 0 Å². The van der Waals surface area contributed by atoms with Crippen molar-refractivity contribution in [3.8, 4) is 16.9 Å². The molecule has 0 saturated carbocycles. The van der Waals surface area contributed by atoms with Crippen molar-refractivity contribution < 1.29 is 14.7 Å². The zero-order valence-corrected chi connectivity index (χ0v) is 17.3. The van der Waals surface area contributed by atoms with Gasteiger partial charge in [-0.05, 0) is 80.5 Å². The van der Waals surface area contributed by atoms with E-state index in [1.807, 2.05) is 36.4 Å². The van der Waals surface area contributed by atoms with E-state index in [-0.39, 0.29) is 16.6 Å². The molecule has 146 valence electrons. The molecule has 29 heavy (non-hydrogen) atoms. The largest absolute Gasteiger partial charge is 0.508 e. The van der Waals surface area contributed by atoms with Gasteiger partial charge in [0.25, 0.3) is 11.1 Å². The zero-order valence-electron chi connectivity index (χ0n) is 16.4. The Morgan fingerprint density at radius 2 is 1.55 bits per heavy atom. The summed E-state index contributed by atoms with van der Waals surface area (Å²) in [4.78, 5) is 23.5. The number of rotatable bonds is 2. The summed E-state index contributed by atoms with van der Waals surface area (Å²) in [5.41, 5.74) is 3.77. The van der Waals surface area contributed by atoms with Crippen LogP contribution in [0.3, 0.4) is 0 Å². The summed E-state index contributed by atoms with van der Waals surface area (Å²) in [7, 11) is 0. The van der Waals surface area contributed by atoms with Gasteiger partial charge in [0.1, 0.15) is 5.75 Å². The van der Waals surface area contributed by atoms with Crippen LogP contribution in [0, 0.1) is 0 Å². The number of benzene rings is 3. The first-order chi connectivity index (χ1) is 13.7. The van der Waals surface area contributed by atoms with Crippen LogP contribution >= 0.6 is 11.8 Å². The number of nitrogens with one attached hydrogen (secondary N) is 1. The van der Waals surface area contributed by atoms with Crippen molar-refractivity contribution >= 4 is 39.8 Å². The summed E-state index contributed by atoms with van der Waals surface area (Å²) in [6.45, 7) is 6.25. The van der Waals surface area contributed by atoms with Crippen LogP contribution < -0.4 is 5.32 Å². The number of thioether (sulfide) groups is 1. The molecule has 2 N–H and O–H groups in total. The van der Waals surface area contributed by atoms with E-state index in [0.717, 1.165) is 44.8 Å². The van der Waals surface area contributed by atoms with E-state index >= 15 is 0 Å². The molecule has 1 aliphatic heterocycles. The Morgan fingerprint density at radius 1 is 0.897 bits per heavy atom. The van der Waals surface area contributed by atoms with Gasteiger partial charge in [-0.15, -0.1) is 0 Å². The molecule has 0 atom stereocenters. The molecule has 1 aliphatic rings. The van der Waals surface area contributed by atoms with Gasteiger partial charge >= 0.3 is 0 Å². The molecule has 5 heteroatoms. The summed E-state index contributed by atoms with van der Waals surface area (Å²) in [5.74, 6) is -0.0375. The van der Waals surface area contributed by atoms with Crippen molar-refractivity contribution in [2.75, 3.05) is 0 Å². The third kappa shape index (κ3) is 3.91. The standard InChI is InChI=1S/C24H21NO3S/c1-24(2,3)19-13-18(8-9-20(19)26)17-7-6-15-10-14(4-5-16(15)12-17)11-21-22(27)25-23(28)29-21/h4-13,26H,1-3H3,(H,25,27,28)/b21-11-. The fourth-order valence-electron chi connectivity index (χ4n) is 3.42. The lowest BCUT2D eigenvalue weighted by Crippen LogP contribution is -2.17. The number of carbonyl (C=O) groups excluding carboxylic acids is 2. The van der Waals surface area contributed by atoms with Gasteiger partial charge in [0, 0.05) is 0 Å². The molecule has 3 aromatic rings. The summed E-state index contributed by atoms with van der Waals surface area (Å²) < 4.78 is 0. The second-order valence-electron chi connectivity index (χ2n) is 8.16. The minimum atomic E-state index is -0.350. The number of phenolic OH excluding ortho intramolecular Hbond substituents is 1. The van der Waals surface area contributed by atoms with Gasteiger partial charge in [0.05, 0.1) is 4.91 Å². The fraction of sp³-hybridized carbons (Fsp3) is 0.167. The molecule has 0 radical (unpaired) electrons. The van der Waals surface area contributed by atoms with Crippen LogP contribution in [0.15, 0.2) is 59.5 Å². The maximum atomic E-state index is 11.7. The van der Waals surface area contributed by atoms with Crippen LogP contribution in [-0.2, 0) is 10.2 Å². The summed E-state index contributed by atoms with van der Waals surface area (Å²) in [6.07, 6.45) is 1.73. The molecule has 0 aliphatic carbocycles. The SMILES string of the molecule is CC(C)(C)c1cc(-c2ccc3cc(/C=C4\SC(=O)NC4=O)ccc3c2)ccc1O. The lowest BCUT2D eigenvalue weighted by atomic mass is 9.84. The molecule has 0 spiro atoms. The first-order valence-electron chi connectivity index (χ1n) is 9.33. The van der Waals surface area contributed by atoms with Crippen LogP contribution in [0.4, 0.5) is 4.79 Å². The van der Waals surface area contributed by atoms with Crippen molar-refractivity contribution in [1.82, 2.24) is 5.32 Å².